The van der Waals surface area contributed by atoms with Gasteiger partial charge in [-0.15, -0.1) is 0 Å². The number of aliphatic hydroxyl groups is 1. The number of piperazine rings is 1. The Morgan fingerprint density at radius 2 is 2.06 bits per heavy atom. The van der Waals surface area contributed by atoms with Crippen molar-refractivity contribution in [2.75, 3.05) is 26.2 Å². The fourth-order valence-electron chi connectivity index (χ4n) is 2.00. The molecule has 92 valence electrons. The highest BCUT2D eigenvalue weighted by atomic mass is 16.4. The maximum Gasteiger partial charge on any atom is 0.394 e. The topological polar surface area (TPSA) is 81.1 Å². The van der Waals surface area contributed by atoms with Crippen molar-refractivity contribution in [3.63, 3.8) is 0 Å². The van der Waals surface area contributed by atoms with Crippen LogP contribution in [0.1, 0.15) is 13.8 Å². The minimum absolute atomic E-state index is 0.129. The first kappa shape index (κ1) is 12.9. The molecule has 2 atom stereocenters. The van der Waals surface area contributed by atoms with E-state index < -0.39 is 18.0 Å². The van der Waals surface area contributed by atoms with Crippen LogP contribution in [0.5, 0.6) is 0 Å². The zero-order valence-corrected chi connectivity index (χ0v) is 9.59. The van der Waals surface area contributed by atoms with Gasteiger partial charge in [0.05, 0.1) is 6.10 Å². The van der Waals surface area contributed by atoms with Crippen molar-refractivity contribution in [3.8, 4) is 0 Å². The zero-order valence-electron chi connectivity index (χ0n) is 9.59. The number of carboxylic acid groups (broad SMARTS) is 1. The molecule has 1 saturated heterocycles. The van der Waals surface area contributed by atoms with E-state index in [0.29, 0.717) is 26.2 Å². The molecule has 1 aliphatic rings. The minimum Gasteiger partial charge on any atom is -0.474 e. The molecule has 0 radical (unpaired) electrons. The van der Waals surface area contributed by atoms with Gasteiger partial charge >= 0.3 is 11.9 Å². The number of hydrogen-bond donors (Lipinski definition) is 2. The molecular formula is C10H18N2O4. The summed E-state index contributed by atoms with van der Waals surface area (Å²) in [5, 5.41) is 17.9. The Balaban J connectivity index is 2.52. The number of rotatable bonds is 2. The van der Waals surface area contributed by atoms with Crippen LogP contribution in [0.4, 0.5) is 0 Å². The van der Waals surface area contributed by atoms with Crippen molar-refractivity contribution in [3.05, 3.63) is 0 Å². The number of aliphatic hydroxyl groups excluding tert-OH is 1. The molecule has 6 nitrogen and oxygen atoms in total. The van der Waals surface area contributed by atoms with Gasteiger partial charge in [0, 0.05) is 32.2 Å². The molecule has 2 N–H and O–H groups in total. The fraction of sp³-hybridized carbons (Fsp3) is 0.800. The Labute approximate surface area is 94.4 Å². The van der Waals surface area contributed by atoms with E-state index in [1.807, 2.05) is 11.8 Å². The summed E-state index contributed by atoms with van der Waals surface area (Å²) >= 11 is 0. The van der Waals surface area contributed by atoms with Gasteiger partial charge in [-0.1, -0.05) is 0 Å². The van der Waals surface area contributed by atoms with Gasteiger partial charge in [0.1, 0.15) is 0 Å². The molecule has 1 amide bonds. The summed E-state index contributed by atoms with van der Waals surface area (Å²) in [6.07, 6.45) is -0.408. The number of nitrogens with zero attached hydrogens (tertiary/aromatic N) is 2. The number of β-amino-alcohol motifs (C(OH)–C–C–N with tert-alkyl or cyclic N) is 1. The summed E-state index contributed by atoms with van der Waals surface area (Å²) in [6.45, 7) is 5.69. The van der Waals surface area contributed by atoms with Gasteiger partial charge in [-0.05, 0) is 13.8 Å². The van der Waals surface area contributed by atoms with Gasteiger partial charge in [0.2, 0.25) is 0 Å². The van der Waals surface area contributed by atoms with Crippen molar-refractivity contribution >= 4 is 11.9 Å². The number of aliphatic carboxylic acids is 1. The summed E-state index contributed by atoms with van der Waals surface area (Å²) in [5.74, 6) is -2.25. The molecule has 0 aromatic rings. The highest BCUT2D eigenvalue weighted by Gasteiger charge is 2.30. The number of carbonyl (C=O) groups excluding carboxylic acids is 1. The van der Waals surface area contributed by atoms with Gasteiger partial charge in [-0.2, -0.15) is 0 Å². The highest BCUT2D eigenvalue weighted by molar-refractivity contribution is 6.31. The van der Waals surface area contributed by atoms with E-state index in [1.54, 1.807) is 6.92 Å². The monoisotopic (exact) mass is 230 g/mol. The molecule has 0 unspecified atom stereocenters. The summed E-state index contributed by atoms with van der Waals surface area (Å²) in [5.41, 5.74) is 0. The van der Waals surface area contributed by atoms with Crippen LogP contribution in [0.3, 0.4) is 0 Å². The van der Waals surface area contributed by atoms with Crippen LogP contribution >= 0.6 is 0 Å². The number of carbonyl (C=O) groups is 2. The van der Waals surface area contributed by atoms with Crippen LogP contribution in [0, 0.1) is 0 Å². The second kappa shape index (κ2) is 5.27. The summed E-state index contributed by atoms with van der Waals surface area (Å²) < 4.78 is 0. The Hall–Kier alpha value is -1.14. The molecule has 0 bridgehead atoms. The third kappa shape index (κ3) is 3.18. The van der Waals surface area contributed by atoms with Crippen LogP contribution in [-0.2, 0) is 9.59 Å². The van der Waals surface area contributed by atoms with Gasteiger partial charge in [-0.25, -0.2) is 4.79 Å². The van der Waals surface area contributed by atoms with E-state index in [4.69, 9.17) is 5.11 Å². The standard InChI is InChI=1S/C10H18N2O4/c1-7-5-11(6-8(2)13)3-4-12(7)9(14)10(15)16/h7-8,13H,3-6H2,1-2H3,(H,15,16)/t7-,8+/m0/s1. The highest BCUT2D eigenvalue weighted by Crippen LogP contribution is 2.10. The van der Waals surface area contributed by atoms with Gasteiger partial charge in [0.15, 0.2) is 0 Å². The third-order valence-corrected chi connectivity index (χ3v) is 2.68. The van der Waals surface area contributed by atoms with Gasteiger partial charge in [-0.3, -0.25) is 9.69 Å². The summed E-state index contributed by atoms with van der Waals surface area (Å²) in [7, 11) is 0. The van der Waals surface area contributed by atoms with Crippen molar-refractivity contribution in [2.45, 2.75) is 26.0 Å². The average Bonchev–Trinajstić information content (AvgIpc) is 2.15. The molecule has 0 aliphatic carbocycles. The fourth-order valence-corrected chi connectivity index (χ4v) is 2.00. The molecule has 0 aromatic carbocycles. The lowest BCUT2D eigenvalue weighted by Gasteiger charge is -2.39. The molecule has 0 aromatic heterocycles. The number of amides is 1. The van der Waals surface area contributed by atoms with E-state index >= 15 is 0 Å². The predicted molar refractivity (Wildman–Crippen MR) is 56.9 cm³/mol. The largest absolute Gasteiger partial charge is 0.474 e. The summed E-state index contributed by atoms with van der Waals surface area (Å²) in [4.78, 5) is 25.2. The van der Waals surface area contributed by atoms with Gasteiger partial charge < -0.3 is 15.1 Å². The first-order valence-electron chi connectivity index (χ1n) is 5.36. The molecule has 0 spiro atoms. The molecule has 1 aliphatic heterocycles. The van der Waals surface area contributed by atoms with Crippen LogP contribution < -0.4 is 0 Å². The first-order chi connectivity index (χ1) is 7.41. The lowest BCUT2D eigenvalue weighted by atomic mass is 10.1. The molecule has 6 heteroatoms. The molecular weight excluding hydrogens is 212 g/mol. The second-order valence-electron chi connectivity index (χ2n) is 4.26. The maximum atomic E-state index is 11.3. The molecule has 1 rings (SSSR count). The number of carboxylic acids is 1. The third-order valence-electron chi connectivity index (χ3n) is 2.68. The van der Waals surface area contributed by atoms with Crippen LogP contribution in [0.25, 0.3) is 0 Å². The summed E-state index contributed by atoms with van der Waals surface area (Å²) in [6, 6.07) is -0.129. The number of hydrogen-bond acceptors (Lipinski definition) is 4. The average molecular weight is 230 g/mol. The first-order valence-corrected chi connectivity index (χ1v) is 5.36. The molecule has 0 saturated carbocycles. The Bertz CT molecular complexity index is 280. The van der Waals surface area contributed by atoms with E-state index in [0.717, 1.165) is 0 Å². The second-order valence-corrected chi connectivity index (χ2v) is 4.26. The van der Waals surface area contributed by atoms with E-state index in [1.165, 1.54) is 4.90 Å². The van der Waals surface area contributed by atoms with Crippen molar-refractivity contribution < 1.29 is 19.8 Å². The van der Waals surface area contributed by atoms with E-state index in [-0.39, 0.29) is 6.04 Å². The van der Waals surface area contributed by atoms with Crippen LogP contribution in [-0.4, -0.2) is 70.2 Å². The van der Waals surface area contributed by atoms with Crippen molar-refractivity contribution in [1.29, 1.82) is 0 Å². The maximum absolute atomic E-state index is 11.3. The quantitative estimate of drug-likeness (QED) is 0.594. The molecule has 16 heavy (non-hydrogen) atoms. The Morgan fingerprint density at radius 1 is 1.44 bits per heavy atom. The lowest BCUT2D eigenvalue weighted by Crippen LogP contribution is -2.56. The SMILES string of the molecule is C[C@@H](O)CN1CCN(C(=O)C(=O)O)[C@@H](C)C1. The Kier molecular flexibility index (Phi) is 4.26. The van der Waals surface area contributed by atoms with Gasteiger partial charge in [0.25, 0.3) is 0 Å². The molecule has 1 fully saturated rings. The smallest absolute Gasteiger partial charge is 0.394 e. The van der Waals surface area contributed by atoms with Crippen LogP contribution in [0.15, 0.2) is 0 Å². The van der Waals surface area contributed by atoms with Crippen LogP contribution in [0.2, 0.25) is 0 Å². The lowest BCUT2D eigenvalue weighted by molar-refractivity contribution is -0.158. The Morgan fingerprint density at radius 3 is 2.50 bits per heavy atom. The van der Waals surface area contributed by atoms with Crippen molar-refractivity contribution in [1.82, 2.24) is 9.80 Å². The predicted octanol–water partition coefficient (Wildman–Crippen LogP) is -1.02. The van der Waals surface area contributed by atoms with E-state index in [2.05, 4.69) is 0 Å². The normalized spacial score (nSPS) is 24.2. The minimum atomic E-state index is -1.41. The van der Waals surface area contributed by atoms with E-state index in [9.17, 15) is 14.7 Å². The zero-order chi connectivity index (χ0) is 12.3. The molecule has 1 heterocycles. The van der Waals surface area contributed by atoms with Crippen molar-refractivity contribution in [2.24, 2.45) is 0 Å².